The van der Waals surface area contributed by atoms with Gasteiger partial charge in [0.1, 0.15) is 5.75 Å². The second-order valence-corrected chi connectivity index (χ2v) is 5.09. The number of nitrogens with one attached hydrogen (secondary N) is 1. The van der Waals surface area contributed by atoms with Gasteiger partial charge in [-0.25, -0.2) is 0 Å². The van der Waals surface area contributed by atoms with E-state index in [0.29, 0.717) is 11.3 Å². The van der Waals surface area contributed by atoms with Crippen LogP contribution in [0.15, 0.2) is 60.7 Å². The number of phenols is 1. The minimum atomic E-state index is -0.234. The summed E-state index contributed by atoms with van der Waals surface area (Å²) < 4.78 is 0. The number of fused-ring (bicyclic) bond motifs is 1. The molecule has 104 valence electrons. The monoisotopic (exact) mass is 297 g/mol. The van der Waals surface area contributed by atoms with Gasteiger partial charge in [-0.3, -0.25) is 4.79 Å². The molecule has 0 unspecified atom stereocenters. The van der Waals surface area contributed by atoms with E-state index in [0.717, 1.165) is 10.8 Å². The molecule has 1 amide bonds. The van der Waals surface area contributed by atoms with Crippen LogP contribution in [-0.4, -0.2) is 11.0 Å². The smallest absolute Gasteiger partial charge is 0.255 e. The Hall–Kier alpha value is -2.52. The maximum Gasteiger partial charge on any atom is 0.255 e. The molecule has 0 spiro atoms. The Labute approximate surface area is 126 Å². The summed E-state index contributed by atoms with van der Waals surface area (Å²) in [4.78, 5) is 12.2. The summed E-state index contributed by atoms with van der Waals surface area (Å²) in [5.41, 5.74) is 1.05. The molecule has 0 atom stereocenters. The van der Waals surface area contributed by atoms with Crippen LogP contribution in [0.1, 0.15) is 10.4 Å². The molecule has 0 aliphatic rings. The normalized spacial score (nSPS) is 10.5. The maximum absolute atomic E-state index is 12.2. The van der Waals surface area contributed by atoms with Crippen LogP contribution >= 0.6 is 11.6 Å². The third-order valence-electron chi connectivity index (χ3n) is 3.22. The number of carbonyl (C=O) groups excluding carboxylic acids is 1. The van der Waals surface area contributed by atoms with Gasteiger partial charge in [-0.2, -0.15) is 0 Å². The third kappa shape index (κ3) is 2.83. The van der Waals surface area contributed by atoms with Crippen LogP contribution in [0.3, 0.4) is 0 Å². The number of halogens is 1. The molecule has 4 heteroatoms. The van der Waals surface area contributed by atoms with Crippen molar-refractivity contribution in [1.29, 1.82) is 0 Å². The Kier molecular flexibility index (Phi) is 3.50. The highest BCUT2D eigenvalue weighted by atomic mass is 35.5. The lowest BCUT2D eigenvalue weighted by molar-refractivity contribution is 0.102. The summed E-state index contributed by atoms with van der Waals surface area (Å²) in [6, 6.07) is 17.9. The van der Waals surface area contributed by atoms with Crippen molar-refractivity contribution in [3.8, 4) is 5.75 Å². The van der Waals surface area contributed by atoms with Gasteiger partial charge in [-0.1, -0.05) is 41.9 Å². The SMILES string of the molecule is O=C(Nc1ccc(Cl)c(O)c1)c1ccc2ccccc2c1. The fourth-order valence-corrected chi connectivity index (χ4v) is 2.24. The van der Waals surface area contributed by atoms with E-state index in [-0.39, 0.29) is 16.7 Å². The number of anilines is 1. The molecule has 0 aliphatic heterocycles. The summed E-state index contributed by atoms with van der Waals surface area (Å²) in [6.45, 7) is 0. The van der Waals surface area contributed by atoms with Gasteiger partial charge in [0.25, 0.3) is 5.91 Å². The molecule has 3 nitrogen and oxygen atoms in total. The van der Waals surface area contributed by atoms with Crippen molar-refractivity contribution >= 4 is 34.0 Å². The largest absolute Gasteiger partial charge is 0.506 e. The Bertz CT molecular complexity index is 830. The molecule has 0 aromatic heterocycles. The van der Waals surface area contributed by atoms with Gasteiger partial charge in [0.15, 0.2) is 0 Å². The predicted octanol–water partition coefficient (Wildman–Crippen LogP) is 4.45. The van der Waals surface area contributed by atoms with Gasteiger partial charge in [0, 0.05) is 17.3 Å². The molecule has 2 N–H and O–H groups in total. The Balaban J connectivity index is 1.87. The van der Waals surface area contributed by atoms with E-state index in [1.54, 1.807) is 12.1 Å². The number of hydrogen-bond acceptors (Lipinski definition) is 2. The van der Waals surface area contributed by atoms with E-state index >= 15 is 0 Å². The van der Waals surface area contributed by atoms with Crippen molar-refractivity contribution < 1.29 is 9.90 Å². The summed E-state index contributed by atoms with van der Waals surface area (Å²) >= 11 is 5.74. The quantitative estimate of drug-likeness (QED) is 0.734. The molecule has 0 radical (unpaired) electrons. The van der Waals surface area contributed by atoms with Gasteiger partial charge in [-0.05, 0) is 35.0 Å². The highest BCUT2D eigenvalue weighted by Gasteiger charge is 2.08. The molecule has 0 bridgehead atoms. The van der Waals surface area contributed by atoms with Gasteiger partial charge in [-0.15, -0.1) is 0 Å². The number of hydrogen-bond donors (Lipinski definition) is 2. The highest BCUT2D eigenvalue weighted by molar-refractivity contribution is 6.32. The summed E-state index contributed by atoms with van der Waals surface area (Å²) in [6.07, 6.45) is 0. The van der Waals surface area contributed by atoms with Crippen LogP contribution in [0.2, 0.25) is 5.02 Å². The van der Waals surface area contributed by atoms with Crippen LogP contribution in [0.4, 0.5) is 5.69 Å². The number of carbonyl (C=O) groups is 1. The zero-order chi connectivity index (χ0) is 14.8. The van der Waals surface area contributed by atoms with Crippen molar-refractivity contribution in [3.05, 3.63) is 71.2 Å². The maximum atomic E-state index is 12.2. The molecule has 0 saturated heterocycles. The first-order valence-electron chi connectivity index (χ1n) is 6.42. The van der Waals surface area contributed by atoms with E-state index in [2.05, 4.69) is 5.32 Å². The number of benzene rings is 3. The van der Waals surface area contributed by atoms with Crippen LogP contribution in [0, 0.1) is 0 Å². The average molecular weight is 298 g/mol. The summed E-state index contributed by atoms with van der Waals surface area (Å²) in [5.74, 6) is -0.296. The van der Waals surface area contributed by atoms with E-state index < -0.39 is 0 Å². The summed E-state index contributed by atoms with van der Waals surface area (Å²) in [7, 11) is 0. The van der Waals surface area contributed by atoms with Crippen molar-refractivity contribution in [2.75, 3.05) is 5.32 Å². The van der Waals surface area contributed by atoms with Crippen molar-refractivity contribution in [1.82, 2.24) is 0 Å². The summed E-state index contributed by atoms with van der Waals surface area (Å²) in [5, 5.41) is 14.6. The molecular weight excluding hydrogens is 286 g/mol. The van der Waals surface area contributed by atoms with Gasteiger partial charge >= 0.3 is 0 Å². The fourth-order valence-electron chi connectivity index (χ4n) is 2.12. The molecule has 0 aliphatic carbocycles. The first-order chi connectivity index (χ1) is 10.1. The van der Waals surface area contributed by atoms with Crippen molar-refractivity contribution in [3.63, 3.8) is 0 Å². The van der Waals surface area contributed by atoms with Crippen LogP contribution in [0.5, 0.6) is 5.75 Å². The molecule has 3 rings (SSSR count). The zero-order valence-electron chi connectivity index (χ0n) is 11.0. The van der Waals surface area contributed by atoms with Gasteiger partial charge < -0.3 is 10.4 Å². The lowest BCUT2D eigenvalue weighted by Crippen LogP contribution is -2.11. The van der Waals surface area contributed by atoms with E-state index in [4.69, 9.17) is 11.6 Å². The molecule has 0 saturated carbocycles. The Morgan fingerprint density at radius 1 is 0.952 bits per heavy atom. The highest BCUT2D eigenvalue weighted by Crippen LogP contribution is 2.26. The molecule has 0 heterocycles. The minimum absolute atomic E-state index is 0.0621. The molecule has 3 aromatic carbocycles. The van der Waals surface area contributed by atoms with Crippen LogP contribution in [0.25, 0.3) is 10.8 Å². The molecule has 21 heavy (non-hydrogen) atoms. The topological polar surface area (TPSA) is 49.3 Å². The van der Waals surface area contributed by atoms with Crippen molar-refractivity contribution in [2.45, 2.75) is 0 Å². The molecular formula is C17H12ClNO2. The number of rotatable bonds is 2. The van der Waals surface area contributed by atoms with E-state index in [1.807, 2.05) is 36.4 Å². The van der Waals surface area contributed by atoms with Crippen LogP contribution < -0.4 is 5.32 Å². The number of amides is 1. The zero-order valence-corrected chi connectivity index (χ0v) is 11.8. The molecule has 0 fully saturated rings. The standard InChI is InChI=1S/C17H12ClNO2/c18-15-8-7-14(10-16(15)20)19-17(21)13-6-5-11-3-1-2-4-12(11)9-13/h1-10,20H,(H,19,21). The van der Waals surface area contributed by atoms with Crippen LogP contribution in [-0.2, 0) is 0 Å². The predicted molar refractivity (Wildman–Crippen MR) is 85.0 cm³/mol. The van der Waals surface area contributed by atoms with E-state index in [9.17, 15) is 9.90 Å². The first-order valence-corrected chi connectivity index (χ1v) is 6.80. The second kappa shape index (κ2) is 5.46. The number of aromatic hydroxyl groups is 1. The lowest BCUT2D eigenvalue weighted by Gasteiger charge is -2.07. The third-order valence-corrected chi connectivity index (χ3v) is 3.54. The number of phenolic OH excluding ortho intramolecular Hbond substituents is 1. The fraction of sp³-hybridized carbons (Fsp3) is 0. The van der Waals surface area contributed by atoms with Crippen molar-refractivity contribution in [2.24, 2.45) is 0 Å². The molecule has 3 aromatic rings. The average Bonchev–Trinajstić information content (AvgIpc) is 2.50. The second-order valence-electron chi connectivity index (χ2n) is 4.68. The minimum Gasteiger partial charge on any atom is -0.506 e. The lowest BCUT2D eigenvalue weighted by atomic mass is 10.1. The van der Waals surface area contributed by atoms with Gasteiger partial charge in [0.2, 0.25) is 0 Å². The van der Waals surface area contributed by atoms with E-state index in [1.165, 1.54) is 12.1 Å². The Morgan fingerprint density at radius 2 is 1.71 bits per heavy atom. The first kappa shape index (κ1) is 13.5. The Morgan fingerprint density at radius 3 is 2.48 bits per heavy atom. The van der Waals surface area contributed by atoms with Gasteiger partial charge in [0.05, 0.1) is 5.02 Å².